The van der Waals surface area contributed by atoms with Crippen LogP contribution in [-0.4, -0.2) is 56.2 Å². The summed E-state index contributed by atoms with van der Waals surface area (Å²) in [5.41, 5.74) is 0.752. The maximum atomic E-state index is 12.6. The molecular formula is C18H30N2O4S. The van der Waals surface area contributed by atoms with Gasteiger partial charge in [-0.2, -0.15) is 0 Å². The lowest BCUT2D eigenvalue weighted by molar-refractivity contribution is 0.0565. The second-order valence-corrected chi connectivity index (χ2v) is 9.45. The van der Waals surface area contributed by atoms with Crippen molar-refractivity contribution in [2.45, 2.75) is 40.3 Å². The summed E-state index contributed by atoms with van der Waals surface area (Å²) in [5, 5.41) is 0. The van der Waals surface area contributed by atoms with Gasteiger partial charge in [0.15, 0.2) is 0 Å². The first-order chi connectivity index (χ1) is 11.4. The number of hydrogen-bond donors (Lipinski definition) is 0. The van der Waals surface area contributed by atoms with Gasteiger partial charge in [0.05, 0.1) is 6.26 Å². The number of rotatable bonds is 7. The van der Waals surface area contributed by atoms with Gasteiger partial charge in [0.1, 0.15) is 6.61 Å². The van der Waals surface area contributed by atoms with Crippen LogP contribution in [0.3, 0.4) is 0 Å². The molecular weight excluding hydrogens is 340 g/mol. The molecule has 0 aliphatic carbocycles. The summed E-state index contributed by atoms with van der Waals surface area (Å²) >= 11 is 0. The molecule has 0 spiro atoms. The van der Waals surface area contributed by atoms with Gasteiger partial charge in [-0.05, 0) is 17.9 Å². The minimum Gasteiger partial charge on any atom is -0.445 e. The Kier molecular flexibility index (Phi) is 7.44. The molecule has 1 aromatic rings. The third kappa shape index (κ3) is 7.04. The standard InChI is InChI=1S/C18H30N2O4S/c1-15(18(2,3)4)20(13-12-19(5)25(6,22)23)17(21)24-14-16-10-8-7-9-11-16/h7-11,15H,12-14H2,1-6H3. The average molecular weight is 371 g/mol. The lowest BCUT2D eigenvalue weighted by atomic mass is 9.87. The molecule has 1 amide bonds. The smallest absolute Gasteiger partial charge is 0.410 e. The quantitative estimate of drug-likeness (QED) is 0.740. The molecule has 1 rings (SSSR count). The van der Waals surface area contributed by atoms with E-state index in [9.17, 15) is 13.2 Å². The SMILES string of the molecule is CC(N(CCN(C)S(C)(=O)=O)C(=O)OCc1ccccc1)C(C)(C)C. The Balaban J connectivity index is 2.81. The van der Waals surface area contributed by atoms with Crippen LogP contribution in [0, 0.1) is 5.41 Å². The highest BCUT2D eigenvalue weighted by molar-refractivity contribution is 7.88. The molecule has 0 saturated heterocycles. The van der Waals surface area contributed by atoms with E-state index in [1.54, 1.807) is 4.90 Å². The van der Waals surface area contributed by atoms with Crippen LogP contribution >= 0.6 is 0 Å². The molecule has 142 valence electrons. The number of benzene rings is 1. The van der Waals surface area contributed by atoms with Crippen molar-refractivity contribution in [1.29, 1.82) is 0 Å². The molecule has 25 heavy (non-hydrogen) atoms. The Hall–Kier alpha value is -1.60. The van der Waals surface area contributed by atoms with E-state index in [4.69, 9.17) is 4.74 Å². The molecule has 0 heterocycles. The Morgan fingerprint density at radius 3 is 2.20 bits per heavy atom. The summed E-state index contributed by atoms with van der Waals surface area (Å²) in [4.78, 5) is 14.2. The monoisotopic (exact) mass is 370 g/mol. The number of carbonyl (C=O) groups excluding carboxylic acids is 1. The predicted octanol–water partition coefficient (Wildman–Crippen LogP) is 2.95. The third-order valence-electron chi connectivity index (χ3n) is 4.38. The van der Waals surface area contributed by atoms with Crippen molar-refractivity contribution in [3.05, 3.63) is 35.9 Å². The molecule has 0 bridgehead atoms. The second kappa shape index (κ2) is 8.67. The van der Waals surface area contributed by atoms with Crippen LogP contribution in [0.2, 0.25) is 0 Å². The summed E-state index contributed by atoms with van der Waals surface area (Å²) in [6, 6.07) is 9.36. The fraction of sp³-hybridized carbons (Fsp3) is 0.611. The van der Waals surface area contributed by atoms with Gasteiger partial charge in [-0.1, -0.05) is 51.1 Å². The van der Waals surface area contributed by atoms with Crippen LogP contribution in [0.4, 0.5) is 4.79 Å². The van der Waals surface area contributed by atoms with E-state index in [0.29, 0.717) is 0 Å². The first-order valence-electron chi connectivity index (χ1n) is 8.31. The second-order valence-electron chi connectivity index (χ2n) is 7.36. The molecule has 0 aliphatic rings. The van der Waals surface area contributed by atoms with E-state index in [1.807, 2.05) is 58.0 Å². The number of ether oxygens (including phenoxy) is 1. The number of carbonyl (C=O) groups is 1. The highest BCUT2D eigenvalue weighted by Gasteiger charge is 2.31. The summed E-state index contributed by atoms with van der Waals surface area (Å²) in [6.45, 7) is 8.74. The molecule has 1 atom stereocenters. The maximum Gasteiger partial charge on any atom is 0.410 e. The van der Waals surface area contributed by atoms with Crippen molar-refractivity contribution >= 4 is 16.1 Å². The third-order valence-corrected chi connectivity index (χ3v) is 5.70. The molecule has 0 aromatic heterocycles. The Morgan fingerprint density at radius 1 is 1.16 bits per heavy atom. The minimum atomic E-state index is -3.29. The molecule has 0 radical (unpaired) electrons. The van der Waals surface area contributed by atoms with E-state index in [0.717, 1.165) is 11.8 Å². The van der Waals surface area contributed by atoms with Gasteiger partial charge in [0.2, 0.25) is 10.0 Å². The van der Waals surface area contributed by atoms with Gasteiger partial charge >= 0.3 is 6.09 Å². The number of likely N-dealkylation sites (N-methyl/N-ethyl adjacent to an activating group) is 1. The summed E-state index contributed by atoms with van der Waals surface area (Å²) in [7, 11) is -1.78. The molecule has 0 N–H and O–H groups in total. The maximum absolute atomic E-state index is 12.6. The fourth-order valence-corrected chi connectivity index (χ4v) is 2.54. The molecule has 7 heteroatoms. The number of amides is 1. The topological polar surface area (TPSA) is 66.9 Å². The van der Waals surface area contributed by atoms with Crippen molar-refractivity contribution in [3.63, 3.8) is 0 Å². The highest BCUT2D eigenvalue weighted by Crippen LogP contribution is 2.24. The van der Waals surface area contributed by atoms with Crippen molar-refractivity contribution < 1.29 is 17.9 Å². The summed E-state index contributed by atoms with van der Waals surface area (Å²) in [5.74, 6) is 0. The van der Waals surface area contributed by atoms with Crippen LogP contribution in [0.15, 0.2) is 30.3 Å². The lowest BCUT2D eigenvalue weighted by Gasteiger charge is -2.37. The van der Waals surface area contributed by atoms with Gasteiger partial charge < -0.3 is 9.64 Å². The lowest BCUT2D eigenvalue weighted by Crippen LogP contribution is -2.48. The van der Waals surface area contributed by atoms with Gasteiger partial charge in [-0.15, -0.1) is 0 Å². The van der Waals surface area contributed by atoms with Crippen molar-refractivity contribution in [2.75, 3.05) is 26.4 Å². The zero-order valence-electron chi connectivity index (χ0n) is 16.0. The van der Waals surface area contributed by atoms with E-state index >= 15 is 0 Å². The first-order valence-corrected chi connectivity index (χ1v) is 10.2. The fourth-order valence-electron chi connectivity index (χ4n) is 2.13. The summed E-state index contributed by atoms with van der Waals surface area (Å²) in [6.07, 6.45) is 0.714. The highest BCUT2D eigenvalue weighted by atomic mass is 32.2. The molecule has 1 aromatic carbocycles. The van der Waals surface area contributed by atoms with Crippen molar-refractivity contribution in [3.8, 4) is 0 Å². The van der Waals surface area contributed by atoms with E-state index < -0.39 is 16.1 Å². The van der Waals surface area contributed by atoms with Gasteiger partial charge in [0, 0.05) is 26.2 Å². The van der Waals surface area contributed by atoms with Gasteiger partial charge in [-0.3, -0.25) is 0 Å². The van der Waals surface area contributed by atoms with E-state index in [1.165, 1.54) is 11.4 Å². The predicted molar refractivity (Wildman–Crippen MR) is 99.7 cm³/mol. The number of hydrogen-bond acceptors (Lipinski definition) is 4. The van der Waals surface area contributed by atoms with Crippen LogP contribution in [0.1, 0.15) is 33.3 Å². The molecule has 0 aliphatic heterocycles. The first kappa shape index (κ1) is 21.4. The van der Waals surface area contributed by atoms with Crippen molar-refractivity contribution in [1.82, 2.24) is 9.21 Å². The number of nitrogens with zero attached hydrogens (tertiary/aromatic N) is 2. The van der Waals surface area contributed by atoms with E-state index in [-0.39, 0.29) is 31.2 Å². The molecule has 6 nitrogen and oxygen atoms in total. The zero-order chi connectivity index (χ0) is 19.3. The van der Waals surface area contributed by atoms with Crippen LogP contribution in [0.25, 0.3) is 0 Å². The van der Waals surface area contributed by atoms with Gasteiger partial charge in [0.25, 0.3) is 0 Å². The molecule has 1 unspecified atom stereocenters. The molecule has 0 saturated carbocycles. The average Bonchev–Trinajstić information content (AvgIpc) is 2.51. The minimum absolute atomic E-state index is 0.108. The van der Waals surface area contributed by atoms with Crippen LogP contribution in [-0.2, 0) is 21.4 Å². The largest absolute Gasteiger partial charge is 0.445 e. The molecule has 0 fully saturated rings. The van der Waals surface area contributed by atoms with Crippen LogP contribution < -0.4 is 0 Å². The van der Waals surface area contributed by atoms with Crippen molar-refractivity contribution in [2.24, 2.45) is 5.41 Å². The Bertz CT molecular complexity index is 653. The summed E-state index contributed by atoms with van der Waals surface area (Å²) < 4.78 is 29.8. The van der Waals surface area contributed by atoms with Crippen LogP contribution in [0.5, 0.6) is 0 Å². The Labute approximate surface area is 151 Å². The Morgan fingerprint density at radius 2 is 1.72 bits per heavy atom. The van der Waals surface area contributed by atoms with E-state index in [2.05, 4.69) is 0 Å². The van der Waals surface area contributed by atoms with Gasteiger partial charge in [-0.25, -0.2) is 17.5 Å². The zero-order valence-corrected chi connectivity index (χ0v) is 16.8. The normalized spacial score (nSPS) is 13.6. The number of sulfonamides is 1.